The molecule has 1 N–H and O–H groups in total. The number of hydrogen-bond donors (Lipinski definition) is 1. The van der Waals surface area contributed by atoms with Gasteiger partial charge in [-0.2, -0.15) is 0 Å². The summed E-state index contributed by atoms with van der Waals surface area (Å²) in [5, 5.41) is 3.25. The van der Waals surface area contributed by atoms with Crippen LogP contribution in [0.15, 0.2) is 24.5 Å². The van der Waals surface area contributed by atoms with E-state index in [2.05, 4.69) is 10.3 Å². The molecule has 1 saturated heterocycles. The van der Waals surface area contributed by atoms with Crippen LogP contribution in [0.2, 0.25) is 0 Å². The summed E-state index contributed by atoms with van der Waals surface area (Å²) < 4.78 is 5.61. The molecule has 5 nitrogen and oxygen atoms in total. The third-order valence-corrected chi connectivity index (χ3v) is 3.51. The highest BCUT2D eigenvalue weighted by Crippen LogP contribution is 2.14. The second kappa shape index (κ2) is 6.52. The molecule has 0 bridgehead atoms. The first-order valence-electron chi connectivity index (χ1n) is 6.73. The van der Waals surface area contributed by atoms with Gasteiger partial charge in [-0.15, -0.1) is 0 Å². The number of pyridine rings is 1. The standard InChI is InChI=1S/C14H21N3O2/c1-11(19-13-4-3-7-16-10-13)14(18)17-8-5-12(15-2)6-9-17/h3-4,7,10-12,15H,5-6,8-9H2,1-2H3. The van der Waals surface area contributed by atoms with E-state index in [0.717, 1.165) is 25.9 Å². The van der Waals surface area contributed by atoms with Crippen molar-refractivity contribution < 1.29 is 9.53 Å². The lowest BCUT2D eigenvalue weighted by molar-refractivity contribution is -0.139. The first-order valence-corrected chi connectivity index (χ1v) is 6.73. The number of piperidine rings is 1. The summed E-state index contributed by atoms with van der Waals surface area (Å²) in [6.45, 7) is 3.38. The Morgan fingerprint density at radius 3 is 2.84 bits per heavy atom. The number of ether oxygens (including phenoxy) is 1. The Morgan fingerprint density at radius 2 is 2.26 bits per heavy atom. The predicted molar refractivity (Wildman–Crippen MR) is 73.0 cm³/mol. The molecule has 0 aromatic carbocycles. The average molecular weight is 263 g/mol. The zero-order valence-electron chi connectivity index (χ0n) is 11.5. The molecule has 104 valence electrons. The van der Waals surface area contributed by atoms with Crippen LogP contribution in [-0.4, -0.2) is 48.1 Å². The van der Waals surface area contributed by atoms with Gasteiger partial charge in [-0.05, 0) is 38.9 Å². The molecule has 2 rings (SSSR count). The van der Waals surface area contributed by atoms with Gasteiger partial charge in [0.25, 0.3) is 5.91 Å². The Morgan fingerprint density at radius 1 is 1.53 bits per heavy atom. The fraction of sp³-hybridized carbons (Fsp3) is 0.571. The van der Waals surface area contributed by atoms with Gasteiger partial charge in [0.15, 0.2) is 6.10 Å². The fourth-order valence-electron chi connectivity index (χ4n) is 2.32. The molecule has 0 saturated carbocycles. The minimum Gasteiger partial charge on any atom is -0.479 e. The predicted octanol–water partition coefficient (Wildman–Crippen LogP) is 1.06. The van der Waals surface area contributed by atoms with Gasteiger partial charge in [-0.25, -0.2) is 0 Å². The van der Waals surface area contributed by atoms with Crippen LogP contribution in [0.5, 0.6) is 5.75 Å². The molecule has 0 radical (unpaired) electrons. The maximum absolute atomic E-state index is 12.3. The molecule has 1 atom stereocenters. The van der Waals surface area contributed by atoms with Gasteiger partial charge in [0.05, 0.1) is 6.20 Å². The normalized spacial score (nSPS) is 18.1. The van der Waals surface area contributed by atoms with E-state index < -0.39 is 6.10 Å². The number of carbonyl (C=O) groups excluding carboxylic acids is 1. The second-order valence-electron chi connectivity index (χ2n) is 4.84. The SMILES string of the molecule is CNC1CCN(C(=O)C(C)Oc2cccnc2)CC1. The molecule has 1 fully saturated rings. The summed E-state index contributed by atoms with van der Waals surface area (Å²) in [5.41, 5.74) is 0. The Balaban J connectivity index is 1.86. The van der Waals surface area contributed by atoms with E-state index in [9.17, 15) is 4.79 Å². The highest BCUT2D eigenvalue weighted by molar-refractivity contribution is 5.81. The maximum atomic E-state index is 12.3. The van der Waals surface area contributed by atoms with Gasteiger partial charge in [-0.1, -0.05) is 0 Å². The number of rotatable bonds is 4. The molecule has 0 spiro atoms. The van der Waals surface area contributed by atoms with Crippen LogP contribution in [-0.2, 0) is 4.79 Å². The largest absolute Gasteiger partial charge is 0.479 e. The van der Waals surface area contributed by atoms with Gasteiger partial charge in [0.1, 0.15) is 5.75 Å². The van der Waals surface area contributed by atoms with Crippen LogP contribution >= 0.6 is 0 Å². The van der Waals surface area contributed by atoms with E-state index in [0.29, 0.717) is 11.8 Å². The van der Waals surface area contributed by atoms with Crippen LogP contribution in [0.4, 0.5) is 0 Å². The summed E-state index contributed by atoms with van der Waals surface area (Å²) in [6, 6.07) is 4.13. The number of likely N-dealkylation sites (tertiary alicyclic amines) is 1. The first-order chi connectivity index (χ1) is 9.20. The van der Waals surface area contributed by atoms with Crippen molar-refractivity contribution in [3.63, 3.8) is 0 Å². The molecule has 2 heterocycles. The number of hydrogen-bond acceptors (Lipinski definition) is 4. The van der Waals surface area contributed by atoms with Gasteiger partial charge < -0.3 is 15.0 Å². The Labute approximate surface area is 114 Å². The zero-order chi connectivity index (χ0) is 13.7. The summed E-state index contributed by atoms with van der Waals surface area (Å²) in [4.78, 5) is 18.1. The number of nitrogens with one attached hydrogen (secondary N) is 1. The molecule has 19 heavy (non-hydrogen) atoms. The topological polar surface area (TPSA) is 54.5 Å². The van der Waals surface area contributed by atoms with Crippen molar-refractivity contribution in [2.24, 2.45) is 0 Å². The molecular weight excluding hydrogens is 242 g/mol. The first kappa shape index (κ1) is 13.8. The van der Waals surface area contributed by atoms with Crippen molar-refractivity contribution >= 4 is 5.91 Å². The number of nitrogens with zero attached hydrogens (tertiary/aromatic N) is 2. The minimum atomic E-state index is -0.463. The van der Waals surface area contributed by atoms with Gasteiger partial charge in [0.2, 0.25) is 0 Å². The molecule has 1 aliphatic heterocycles. The molecule has 1 amide bonds. The van der Waals surface area contributed by atoms with Crippen molar-refractivity contribution in [1.29, 1.82) is 0 Å². The van der Waals surface area contributed by atoms with Crippen molar-refractivity contribution in [2.45, 2.75) is 31.9 Å². The molecule has 1 aromatic heterocycles. The summed E-state index contributed by atoms with van der Waals surface area (Å²) in [6.07, 6.45) is 4.85. The lowest BCUT2D eigenvalue weighted by Gasteiger charge is -2.33. The number of carbonyl (C=O) groups is 1. The summed E-state index contributed by atoms with van der Waals surface area (Å²) >= 11 is 0. The Hall–Kier alpha value is -1.62. The third kappa shape index (κ3) is 3.67. The van der Waals surface area contributed by atoms with Crippen molar-refractivity contribution in [2.75, 3.05) is 20.1 Å². The average Bonchev–Trinajstić information content (AvgIpc) is 2.47. The van der Waals surface area contributed by atoms with E-state index in [1.807, 2.05) is 18.0 Å². The minimum absolute atomic E-state index is 0.0541. The smallest absolute Gasteiger partial charge is 0.263 e. The van der Waals surface area contributed by atoms with Gasteiger partial charge in [-0.3, -0.25) is 9.78 Å². The number of aromatic nitrogens is 1. The second-order valence-corrected chi connectivity index (χ2v) is 4.84. The van der Waals surface area contributed by atoms with Gasteiger partial charge in [0, 0.05) is 25.3 Å². The molecule has 1 unspecified atom stereocenters. The van der Waals surface area contributed by atoms with Crippen LogP contribution in [0.25, 0.3) is 0 Å². The van der Waals surface area contributed by atoms with E-state index in [1.54, 1.807) is 25.4 Å². The maximum Gasteiger partial charge on any atom is 0.263 e. The Bertz CT molecular complexity index is 402. The van der Waals surface area contributed by atoms with Crippen molar-refractivity contribution in [3.05, 3.63) is 24.5 Å². The lowest BCUT2D eigenvalue weighted by Crippen LogP contribution is -2.48. The lowest BCUT2D eigenvalue weighted by atomic mass is 10.0. The molecule has 1 aliphatic rings. The quantitative estimate of drug-likeness (QED) is 0.882. The molecule has 0 aliphatic carbocycles. The van der Waals surface area contributed by atoms with Crippen molar-refractivity contribution in [3.8, 4) is 5.75 Å². The van der Waals surface area contributed by atoms with Crippen LogP contribution < -0.4 is 10.1 Å². The van der Waals surface area contributed by atoms with Gasteiger partial charge >= 0.3 is 0 Å². The van der Waals surface area contributed by atoms with E-state index in [-0.39, 0.29) is 5.91 Å². The van der Waals surface area contributed by atoms with E-state index in [1.165, 1.54) is 0 Å². The van der Waals surface area contributed by atoms with E-state index >= 15 is 0 Å². The Kier molecular flexibility index (Phi) is 4.74. The van der Waals surface area contributed by atoms with Crippen LogP contribution in [0, 0.1) is 0 Å². The summed E-state index contributed by atoms with van der Waals surface area (Å²) in [5.74, 6) is 0.687. The monoisotopic (exact) mass is 263 g/mol. The fourth-order valence-corrected chi connectivity index (χ4v) is 2.32. The highest BCUT2D eigenvalue weighted by atomic mass is 16.5. The highest BCUT2D eigenvalue weighted by Gasteiger charge is 2.26. The third-order valence-electron chi connectivity index (χ3n) is 3.51. The zero-order valence-corrected chi connectivity index (χ0v) is 11.5. The van der Waals surface area contributed by atoms with Crippen LogP contribution in [0.1, 0.15) is 19.8 Å². The molecule has 5 heteroatoms. The summed E-state index contributed by atoms with van der Waals surface area (Å²) in [7, 11) is 1.97. The molecular formula is C14H21N3O2. The van der Waals surface area contributed by atoms with Crippen LogP contribution in [0.3, 0.4) is 0 Å². The molecule has 1 aromatic rings. The van der Waals surface area contributed by atoms with Crippen molar-refractivity contribution in [1.82, 2.24) is 15.2 Å². The number of amides is 1. The van der Waals surface area contributed by atoms with E-state index in [4.69, 9.17) is 4.74 Å².